The van der Waals surface area contributed by atoms with E-state index in [4.69, 9.17) is 21.9 Å². The number of hydrogen-bond donors (Lipinski definition) is 14. The number of aliphatic hydroxyl groups is 1. The molecule has 32 heteroatoms. The lowest BCUT2D eigenvalue weighted by atomic mass is 9.84. The SMILES string of the molecule is CCCCCCCCCC(=O)CC(Cc1c[nH]c2ccccc12)C(=O)NC(CC(N)=O)C(=O)CC(CC(=O)O)C(=O)CC1C(=O)NCC(=O)NC(CCCN)C(=O)CC(C)C(=O)NC(C)C(=O)NC(C)C(=O)NCC(=O)NC(CO)C(=O)CC(C(C)C)C(=O)NC(CC(=O)c2ccccc2N)C(=O)OC1C. The van der Waals surface area contributed by atoms with Crippen LogP contribution >= 0.6 is 0 Å². The van der Waals surface area contributed by atoms with Crippen molar-refractivity contribution in [3.8, 4) is 0 Å². The molecule has 9 amide bonds. The number of unbranched alkanes of at least 4 members (excludes halogenated alkanes) is 6. The largest absolute Gasteiger partial charge is 0.481 e. The molecule has 12 atom stereocenters. The monoisotopic (exact) mass is 1480 g/mol. The summed E-state index contributed by atoms with van der Waals surface area (Å²) in [5.41, 5.74) is 18.8. The second-order valence-electron chi connectivity index (χ2n) is 27.6. The minimum atomic E-state index is -2.02. The lowest BCUT2D eigenvalue weighted by Gasteiger charge is -2.28. The summed E-state index contributed by atoms with van der Waals surface area (Å²) in [7, 11) is 0. The van der Waals surface area contributed by atoms with Crippen LogP contribution in [-0.4, -0.2) is 184 Å². The van der Waals surface area contributed by atoms with Crippen LogP contribution in [0.4, 0.5) is 5.69 Å². The number of carbonyl (C=O) groups is 17. The van der Waals surface area contributed by atoms with Crippen LogP contribution in [0.3, 0.4) is 0 Å². The molecule has 0 spiro atoms. The van der Waals surface area contributed by atoms with Crippen LogP contribution in [0.25, 0.3) is 10.9 Å². The molecule has 582 valence electrons. The normalized spacial score (nSPS) is 22.1. The van der Waals surface area contributed by atoms with Gasteiger partial charge in [0.2, 0.25) is 53.2 Å². The number of nitrogens with two attached hydrogens (primary N) is 3. The fraction of sp³-hybridized carbons (Fsp3) is 0.581. The number of nitrogen functional groups attached to an aromatic ring is 1. The molecule has 1 aliphatic heterocycles. The lowest BCUT2D eigenvalue weighted by Crippen LogP contribution is -2.54. The quantitative estimate of drug-likeness (QED) is 0.0182. The van der Waals surface area contributed by atoms with Crippen molar-refractivity contribution >= 4 is 116 Å². The van der Waals surface area contributed by atoms with E-state index in [-0.39, 0.29) is 55.7 Å². The number of esters is 1. The molecular weight excluding hydrogens is 1380 g/mol. The number of rotatable bonds is 32. The number of ether oxygens (including phenoxy) is 1. The molecule has 106 heavy (non-hydrogen) atoms. The number of carboxylic acid groups (broad SMARTS) is 1. The number of Topliss-reactive ketones (excluding diaryl/α,β-unsaturated/α-hetero) is 6. The highest BCUT2D eigenvalue weighted by Crippen LogP contribution is 2.27. The summed E-state index contributed by atoms with van der Waals surface area (Å²) >= 11 is 0. The Morgan fingerprint density at radius 1 is 0.632 bits per heavy atom. The zero-order valence-corrected chi connectivity index (χ0v) is 61.4. The first-order chi connectivity index (χ1) is 50.2. The van der Waals surface area contributed by atoms with Crippen molar-refractivity contribution in [2.24, 2.45) is 47.0 Å². The summed E-state index contributed by atoms with van der Waals surface area (Å²) < 4.78 is 5.85. The fourth-order valence-corrected chi connectivity index (χ4v) is 12.2. The van der Waals surface area contributed by atoms with Crippen LogP contribution in [0.15, 0.2) is 54.7 Å². The Bertz CT molecular complexity index is 3630. The first-order valence-corrected chi connectivity index (χ1v) is 36.1. The number of aromatic amines is 1. The first kappa shape index (κ1) is 88.3. The van der Waals surface area contributed by atoms with E-state index in [1.807, 2.05) is 12.1 Å². The number of fused-ring (bicyclic) bond motifs is 1. The summed E-state index contributed by atoms with van der Waals surface area (Å²) in [6.45, 7) is 7.37. The molecular formula is C74H106N12O20. The van der Waals surface area contributed by atoms with Crippen molar-refractivity contribution in [2.75, 3.05) is 32.0 Å². The van der Waals surface area contributed by atoms with Crippen LogP contribution in [0, 0.1) is 35.5 Å². The second kappa shape index (κ2) is 44.6. The summed E-state index contributed by atoms with van der Waals surface area (Å²) in [4.78, 5) is 239. The highest BCUT2D eigenvalue weighted by Gasteiger charge is 2.40. The molecule has 2 aromatic carbocycles. The number of cyclic esters (lactones) is 1. The molecule has 1 fully saturated rings. The van der Waals surface area contributed by atoms with Crippen molar-refractivity contribution in [3.05, 3.63) is 65.9 Å². The number of carbonyl (C=O) groups excluding carboxylic acids is 16. The maximum Gasteiger partial charge on any atom is 0.329 e. The average molecular weight is 1480 g/mol. The highest BCUT2D eigenvalue weighted by molar-refractivity contribution is 6.05. The number of ketones is 6. The maximum atomic E-state index is 14.9. The van der Waals surface area contributed by atoms with Crippen LogP contribution < -0.4 is 59.7 Å². The van der Waals surface area contributed by atoms with E-state index in [1.165, 1.54) is 58.9 Å². The van der Waals surface area contributed by atoms with Gasteiger partial charge in [-0.25, -0.2) is 4.79 Å². The minimum absolute atomic E-state index is 0.0124. The number of primary amides is 1. The van der Waals surface area contributed by atoms with Gasteiger partial charge in [-0.2, -0.15) is 0 Å². The predicted molar refractivity (Wildman–Crippen MR) is 386 cm³/mol. The maximum absolute atomic E-state index is 14.9. The van der Waals surface area contributed by atoms with Crippen molar-refractivity contribution in [1.29, 1.82) is 0 Å². The van der Waals surface area contributed by atoms with Gasteiger partial charge in [0.15, 0.2) is 23.1 Å². The number of benzene rings is 2. The van der Waals surface area contributed by atoms with Gasteiger partial charge in [0.25, 0.3) is 0 Å². The van der Waals surface area contributed by atoms with E-state index in [9.17, 15) is 91.7 Å². The molecule has 0 aliphatic carbocycles. The Labute approximate surface area is 615 Å². The zero-order valence-electron chi connectivity index (χ0n) is 61.4. The molecule has 17 N–H and O–H groups in total. The number of aliphatic hydroxyl groups excluding tert-OH is 1. The molecule has 4 rings (SSSR count). The minimum Gasteiger partial charge on any atom is -0.481 e. The lowest BCUT2D eigenvalue weighted by molar-refractivity contribution is -0.158. The number of amides is 9. The number of aromatic nitrogens is 1. The third-order valence-electron chi connectivity index (χ3n) is 18.6. The molecule has 3 aromatic rings. The summed E-state index contributed by atoms with van der Waals surface area (Å²) in [5.74, 6) is -25.1. The smallest absolute Gasteiger partial charge is 0.329 e. The van der Waals surface area contributed by atoms with Crippen molar-refractivity contribution in [2.45, 2.75) is 213 Å². The number of H-pyrrole nitrogens is 1. The van der Waals surface area contributed by atoms with Crippen LogP contribution in [0.2, 0.25) is 0 Å². The molecule has 12 unspecified atom stereocenters. The van der Waals surface area contributed by atoms with Gasteiger partial charge in [-0.15, -0.1) is 0 Å². The molecule has 0 bridgehead atoms. The fourth-order valence-electron chi connectivity index (χ4n) is 12.2. The third kappa shape index (κ3) is 29.4. The van der Waals surface area contributed by atoms with E-state index in [1.54, 1.807) is 18.3 Å². The molecule has 32 nitrogen and oxygen atoms in total. The summed E-state index contributed by atoms with van der Waals surface area (Å²) in [5, 5.41) is 40.5. The molecule has 1 aromatic heterocycles. The Balaban J connectivity index is 1.79. The van der Waals surface area contributed by atoms with E-state index in [0.717, 1.165) is 56.4 Å². The van der Waals surface area contributed by atoms with Crippen LogP contribution in [0.5, 0.6) is 0 Å². The summed E-state index contributed by atoms with van der Waals surface area (Å²) in [6, 6.07) is 3.40. The number of aliphatic carboxylic acids is 1. The molecule has 0 radical (unpaired) electrons. The van der Waals surface area contributed by atoms with Gasteiger partial charge in [0, 0.05) is 97.0 Å². The molecule has 0 saturated carbocycles. The van der Waals surface area contributed by atoms with Crippen LogP contribution in [0.1, 0.15) is 180 Å². The Morgan fingerprint density at radius 3 is 1.87 bits per heavy atom. The Kier molecular flexibility index (Phi) is 37.2. The van der Waals surface area contributed by atoms with E-state index >= 15 is 0 Å². The number of para-hydroxylation sites is 2. The molecule has 1 saturated heterocycles. The van der Waals surface area contributed by atoms with E-state index in [0.29, 0.717) is 12.0 Å². The number of anilines is 1. The van der Waals surface area contributed by atoms with Gasteiger partial charge >= 0.3 is 11.9 Å². The Hall–Kier alpha value is -10.1. The first-order valence-electron chi connectivity index (χ1n) is 36.1. The van der Waals surface area contributed by atoms with Gasteiger partial charge in [-0.3, -0.25) is 76.7 Å². The van der Waals surface area contributed by atoms with Gasteiger partial charge in [0.1, 0.15) is 41.8 Å². The van der Waals surface area contributed by atoms with E-state index in [2.05, 4.69) is 54.4 Å². The number of carboxylic acids is 1. The van der Waals surface area contributed by atoms with Crippen molar-refractivity contribution < 1.29 is 96.5 Å². The highest BCUT2D eigenvalue weighted by atomic mass is 16.5. The van der Waals surface area contributed by atoms with Crippen molar-refractivity contribution in [3.63, 3.8) is 0 Å². The zero-order chi connectivity index (χ0) is 78.9. The Morgan fingerprint density at radius 2 is 1.24 bits per heavy atom. The van der Waals surface area contributed by atoms with Gasteiger partial charge < -0.3 is 79.7 Å². The average Bonchev–Trinajstić information content (AvgIpc) is 1.67. The number of hydrogen-bond acceptors (Lipinski definition) is 21. The third-order valence-corrected chi connectivity index (χ3v) is 18.6. The van der Waals surface area contributed by atoms with Gasteiger partial charge in [0.05, 0.1) is 50.5 Å². The molecule has 1 aliphatic rings. The topological polar surface area (TPSA) is 530 Å². The molecule has 2 heterocycles. The van der Waals surface area contributed by atoms with Gasteiger partial charge in [-0.05, 0) is 82.7 Å². The van der Waals surface area contributed by atoms with E-state index < -0.39 is 237 Å². The number of nitrogens with one attached hydrogen (secondary N) is 9. The van der Waals surface area contributed by atoms with Crippen molar-refractivity contribution in [1.82, 2.24) is 47.5 Å². The summed E-state index contributed by atoms with van der Waals surface area (Å²) in [6.07, 6.45) is -0.0173. The van der Waals surface area contributed by atoms with Crippen LogP contribution in [-0.2, 0) is 87.9 Å². The predicted octanol–water partition coefficient (Wildman–Crippen LogP) is 1.47. The standard InChI is InChI=1S/C74H106N12O20/c1-8-9-10-11-12-13-14-20-48(88)29-46(28-47-36-78-54-24-18-16-21-49(47)54)71(102)85-56(35-64(77)94)62(92)30-45(31-67(97)98)59(89)33-52-44(7)106-74(105)57(34-60(90)50-22-15-17-23-53(50)76)86-73(104)51(40(2)3)32-63(93)58(39-87)84-66(96)37-79-69(100)42(5)82-70(101)43(6)81-68(99)41(4)27-61(91)55(25-19-26-75)83-65(95)38-80-72(52)103/h15-18,21-24,36,40-46,51-52,55-58,78,87H,8-14,19-20,25-35,37-39,75-76H2,1-7H3,(H2,77,94)(H,79,100)(H,80,103)(H,81,99)(H,82,101)(H,83,95)(H,84,96)(H,85,102)(H,86,104)(H,97,98). The van der Waals surface area contributed by atoms with Gasteiger partial charge in [-0.1, -0.05) is 96.6 Å². The second-order valence-corrected chi connectivity index (χ2v) is 27.6.